The molecule has 5 heteroatoms. The summed E-state index contributed by atoms with van der Waals surface area (Å²) in [5, 5.41) is 2.81. The van der Waals surface area contributed by atoms with Crippen LogP contribution in [0.2, 0.25) is 0 Å². The molecular formula is C16H23N3O2. The monoisotopic (exact) mass is 289 g/mol. The molecule has 1 heterocycles. The molecule has 1 aromatic carbocycles. The third-order valence-electron chi connectivity index (χ3n) is 3.61. The molecule has 0 aliphatic carbocycles. The Morgan fingerprint density at radius 1 is 1.33 bits per heavy atom. The molecule has 0 saturated carbocycles. The number of anilines is 1. The van der Waals surface area contributed by atoms with Crippen LogP contribution in [0.5, 0.6) is 5.75 Å². The van der Waals surface area contributed by atoms with E-state index in [-0.39, 0.29) is 5.91 Å². The quantitative estimate of drug-likeness (QED) is 0.797. The third-order valence-corrected chi connectivity index (χ3v) is 3.61. The molecule has 1 aliphatic rings. The van der Waals surface area contributed by atoms with E-state index in [1.807, 2.05) is 18.2 Å². The Bertz CT molecular complexity index is 482. The molecule has 1 saturated heterocycles. The van der Waals surface area contributed by atoms with Gasteiger partial charge in [-0.3, -0.25) is 9.69 Å². The van der Waals surface area contributed by atoms with Crippen LogP contribution >= 0.6 is 0 Å². The fourth-order valence-electron chi connectivity index (χ4n) is 2.48. The zero-order chi connectivity index (χ0) is 15.1. The van der Waals surface area contributed by atoms with Gasteiger partial charge in [0.2, 0.25) is 5.91 Å². The van der Waals surface area contributed by atoms with Crippen molar-refractivity contribution in [2.24, 2.45) is 0 Å². The Balaban J connectivity index is 1.85. The number of hydrogen-bond donors (Lipinski definition) is 1. The van der Waals surface area contributed by atoms with Gasteiger partial charge in [0.15, 0.2) is 0 Å². The summed E-state index contributed by atoms with van der Waals surface area (Å²) in [5.74, 6) is 0.954. The predicted molar refractivity (Wildman–Crippen MR) is 84.9 cm³/mol. The van der Waals surface area contributed by atoms with Crippen LogP contribution in [0.3, 0.4) is 0 Å². The average Bonchev–Trinajstić information content (AvgIpc) is 2.53. The van der Waals surface area contributed by atoms with Crippen molar-refractivity contribution < 1.29 is 9.53 Å². The average molecular weight is 289 g/mol. The maximum Gasteiger partial charge on any atom is 0.234 e. The second-order valence-corrected chi connectivity index (χ2v) is 5.03. The highest BCUT2D eigenvalue weighted by Gasteiger charge is 2.20. The number of methoxy groups -OCH3 is 1. The molecule has 21 heavy (non-hydrogen) atoms. The number of hydrogen-bond acceptors (Lipinski definition) is 4. The fraction of sp³-hybridized carbons (Fsp3) is 0.438. The van der Waals surface area contributed by atoms with E-state index in [2.05, 4.69) is 27.8 Å². The number of benzene rings is 1. The van der Waals surface area contributed by atoms with Gasteiger partial charge < -0.3 is 15.0 Å². The molecule has 0 radical (unpaired) electrons. The first-order chi connectivity index (χ1) is 10.2. The highest BCUT2D eigenvalue weighted by molar-refractivity contribution is 5.78. The molecule has 1 fully saturated rings. The van der Waals surface area contributed by atoms with Crippen LogP contribution in [-0.2, 0) is 4.79 Å². The lowest BCUT2D eigenvalue weighted by Gasteiger charge is -2.36. The van der Waals surface area contributed by atoms with Crippen LogP contribution in [-0.4, -0.2) is 57.2 Å². The molecule has 1 N–H and O–H groups in total. The zero-order valence-corrected chi connectivity index (χ0v) is 12.5. The van der Waals surface area contributed by atoms with Gasteiger partial charge in [-0.15, -0.1) is 6.58 Å². The molecular weight excluding hydrogens is 266 g/mol. The SMILES string of the molecule is C=CCNC(=O)CN1CCN(c2ccccc2OC)CC1. The van der Waals surface area contributed by atoms with E-state index in [4.69, 9.17) is 4.74 Å². The molecule has 0 unspecified atom stereocenters. The number of carbonyl (C=O) groups is 1. The van der Waals surface area contributed by atoms with Crippen LogP contribution < -0.4 is 15.0 Å². The van der Waals surface area contributed by atoms with Crippen molar-refractivity contribution in [3.05, 3.63) is 36.9 Å². The van der Waals surface area contributed by atoms with Crippen molar-refractivity contribution in [3.8, 4) is 5.75 Å². The first-order valence-corrected chi connectivity index (χ1v) is 7.22. The van der Waals surface area contributed by atoms with Gasteiger partial charge in [0, 0.05) is 32.7 Å². The minimum Gasteiger partial charge on any atom is -0.495 e. The number of carbonyl (C=O) groups excluding carboxylic acids is 1. The van der Waals surface area contributed by atoms with Crippen molar-refractivity contribution in [1.29, 1.82) is 0 Å². The van der Waals surface area contributed by atoms with Crippen molar-refractivity contribution in [3.63, 3.8) is 0 Å². The van der Waals surface area contributed by atoms with Crippen molar-refractivity contribution in [2.45, 2.75) is 0 Å². The topological polar surface area (TPSA) is 44.8 Å². The van der Waals surface area contributed by atoms with E-state index in [1.54, 1.807) is 13.2 Å². The van der Waals surface area contributed by atoms with Crippen LogP contribution in [0.4, 0.5) is 5.69 Å². The second-order valence-electron chi connectivity index (χ2n) is 5.03. The summed E-state index contributed by atoms with van der Waals surface area (Å²) in [7, 11) is 1.69. The summed E-state index contributed by atoms with van der Waals surface area (Å²) in [6, 6.07) is 8.05. The minimum absolute atomic E-state index is 0.0561. The Kier molecular flexibility index (Phi) is 5.63. The largest absolute Gasteiger partial charge is 0.495 e. The Hall–Kier alpha value is -2.01. The van der Waals surface area contributed by atoms with Gasteiger partial charge in [-0.1, -0.05) is 18.2 Å². The summed E-state index contributed by atoms with van der Waals surface area (Å²) in [6.07, 6.45) is 1.69. The van der Waals surface area contributed by atoms with Crippen molar-refractivity contribution in [2.75, 3.05) is 51.3 Å². The fourth-order valence-corrected chi connectivity index (χ4v) is 2.48. The molecule has 0 bridgehead atoms. The lowest BCUT2D eigenvalue weighted by atomic mass is 10.2. The maximum absolute atomic E-state index is 11.7. The molecule has 5 nitrogen and oxygen atoms in total. The van der Waals surface area contributed by atoms with Gasteiger partial charge >= 0.3 is 0 Å². The normalized spacial score (nSPS) is 15.6. The van der Waals surface area contributed by atoms with E-state index < -0.39 is 0 Å². The van der Waals surface area contributed by atoms with E-state index >= 15 is 0 Å². The first-order valence-electron chi connectivity index (χ1n) is 7.22. The lowest BCUT2D eigenvalue weighted by Crippen LogP contribution is -2.49. The van der Waals surface area contributed by atoms with E-state index in [0.717, 1.165) is 37.6 Å². The minimum atomic E-state index is 0.0561. The van der Waals surface area contributed by atoms with Gasteiger partial charge in [0.05, 0.1) is 19.3 Å². The lowest BCUT2D eigenvalue weighted by molar-refractivity contribution is -0.122. The van der Waals surface area contributed by atoms with Crippen molar-refractivity contribution >= 4 is 11.6 Å². The number of nitrogens with one attached hydrogen (secondary N) is 1. The molecule has 114 valence electrons. The standard InChI is InChI=1S/C16H23N3O2/c1-3-8-17-16(20)13-18-9-11-19(12-10-18)14-6-4-5-7-15(14)21-2/h3-7H,1,8-13H2,2H3,(H,17,20). The highest BCUT2D eigenvalue weighted by atomic mass is 16.5. The van der Waals surface area contributed by atoms with Crippen LogP contribution in [0.25, 0.3) is 0 Å². The number of para-hydroxylation sites is 2. The highest BCUT2D eigenvalue weighted by Crippen LogP contribution is 2.28. The molecule has 2 rings (SSSR count). The second kappa shape index (κ2) is 7.69. The van der Waals surface area contributed by atoms with Gasteiger partial charge in [-0.25, -0.2) is 0 Å². The predicted octanol–water partition coefficient (Wildman–Crippen LogP) is 1.12. The summed E-state index contributed by atoms with van der Waals surface area (Å²) in [6.45, 7) is 8.12. The van der Waals surface area contributed by atoms with E-state index in [1.165, 1.54) is 0 Å². The van der Waals surface area contributed by atoms with E-state index in [9.17, 15) is 4.79 Å². The van der Waals surface area contributed by atoms with Gasteiger partial charge in [0.25, 0.3) is 0 Å². The molecule has 1 aliphatic heterocycles. The van der Waals surface area contributed by atoms with Gasteiger partial charge in [0.1, 0.15) is 5.75 Å². The molecule has 0 aromatic heterocycles. The summed E-state index contributed by atoms with van der Waals surface area (Å²) < 4.78 is 5.41. The number of nitrogens with zero attached hydrogens (tertiary/aromatic N) is 2. The Labute approximate surface area is 126 Å². The summed E-state index contributed by atoms with van der Waals surface area (Å²) >= 11 is 0. The van der Waals surface area contributed by atoms with Crippen LogP contribution in [0.15, 0.2) is 36.9 Å². The number of amides is 1. The number of rotatable bonds is 6. The molecule has 0 atom stereocenters. The Morgan fingerprint density at radius 2 is 2.05 bits per heavy atom. The third kappa shape index (κ3) is 4.23. The van der Waals surface area contributed by atoms with Crippen LogP contribution in [0, 0.1) is 0 Å². The number of ether oxygens (including phenoxy) is 1. The Morgan fingerprint density at radius 3 is 2.71 bits per heavy atom. The van der Waals surface area contributed by atoms with E-state index in [0.29, 0.717) is 13.1 Å². The van der Waals surface area contributed by atoms with Crippen LogP contribution in [0.1, 0.15) is 0 Å². The first kappa shape index (κ1) is 15.4. The van der Waals surface area contributed by atoms with Gasteiger partial charge in [-0.2, -0.15) is 0 Å². The maximum atomic E-state index is 11.7. The molecule has 1 amide bonds. The summed E-state index contributed by atoms with van der Waals surface area (Å²) in [4.78, 5) is 16.2. The number of piperazine rings is 1. The van der Waals surface area contributed by atoms with Crippen molar-refractivity contribution in [1.82, 2.24) is 10.2 Å². The molecule has 1 aromatic rings. The van der Waals surface area contributed by atoms with Gasteiger partial charge in [-0.05, 0) is 12.1 Å². The summed E-state index contributed by atoms with van der Waals surface area (Å²) in [5.41, 5.74) is 1.12. The smallest absolute Gasteiger partial charge is 0.234 e. The zero-order valence-electron chi connectivity index (χ0n) is 12.5. The molecule has 0 spiro atoms.